The van der Waals surface area contributed by atoms with Crippen LogP contribution in [0.1, 0.15) is 18.5 Å². The SMILES string of the molecule is Cc1ccc2c(n1)=C(N1C(=O)C3C4C=CC(C4)C3C1=O)CC=CC=2. The van der Waals surface area contributed by atoms with Crippen molar-refractivity contribution in [2.45, 2.75) is 19.8 Å². The molecular formula is C20H18N2O2. The summed E-state index contributed by atoms with van der Waals surface area (Å²) in [4.78, 5) is 32.3. The van der Waals surface area contributed by atoms with Gasteiger partial charge in [-0.25, -0.2) is 0 Å². The Balaban J connectivity index is 1.70. The van der Waals surface area contributed by atoms with Crippen molar-refractivity contribution in [1.29, 1.82) is 0 Å². The average molecular weight is 318 g/mol. The normalized spacial score (nSPS) is 32.9. The second-order valence-electron chi connectivity index (χ2n) is 7.15. The fourth-order valence-corrected chi connectivity index (χ4v) is 4.75. The molecule has 0 radical (unpaired) electrons. The Labute approximate surface area is 139 Å². The number of aryl methyl sites for hydroxylation is 1. The molecule has 1 saturated heterocycles. The van der Waals surface area contributed by atoms with Crippen molar-refractivity contribution < 1.29 is 9.59 Å². The molecule has 4 heteroatoms. The molecule has 1 aromatic heterocycles. The summed E-state index contributed by atoms with van der Waals surface area (Å²) in [5.41, 5.74) is 1.63. The lowest BCUT2D eigenvalue weighted by atomic mass is 9.85. The number of allylic oxidation sites excluding steroid dienone is 3. The number of nitrogens with zero attached hydrogens (tertiary/aromatic N) is 2. The van der Waals surface area contributed by atoms with Crippen molar-refractivity contribution >= 4 is 23.6 Å². The Morgan fingerprint density at radius 1 is 1.08 bits per heavy atom. The molecule has 4 atom stereocenters. The lowest BCUT2D eigenvalue weighted by Crippen LogP contribution is -2.40. The number of pyridine rings is 1. The molecule has 1 saturated carbocycles. The number of fused-ring (bicyclic) bond motifs is 6. The Hall–Kier alpha value is -2.49. The van der Waals surface area contributed by atoms with E-state index in [1.165, 1.54) is 4.90 Å². The Kier molecular flexibility index (Phi) is 2.76. The summed E-state index contributed by atoms with van der Waals surface area (Å²) in [5, 5.41) is 1.73. The molecule has 0 N–H and O–H groups in total. The molecule has 2 bridgehead atoms. The third-order valence-corrected chi connectivity index (χ3v) is 5.80. The van der Waals surface area contributed by atoms with Gasteiger partial charge in [0.2, 0.25) is 11.8 Å². The summed E-state index contributed by atoms with van der Waals surface area (Å²) in [6, 6.07) is 3.96. The van der Waals surface area contributed by atoms with Crippen LogP contribution < -0.4 is 10.6 Å². The van der Waals surface area contributed by atoms with E-state index in [4.69, 9.17) is 0 Å². The number of carbonyl (C=O) groups is 2. The Bertz CT molecular complexity index is 926. The van der Waals surface area contributed by atoms with Crippen molar-refractivity contribution in [1.82, 2.24) is 9.88 Å². The van der Waals surface area contributed by atoms with E-state index in [1.807, 2.05) is 37.3 Å². The molecule has 5 rings (SSSR count). The van der Waals surface area contributed by atoms with Crippen LogP contribution in [0, 0.1) is 30.6 Å². The maximum Gasteiger partial charge on any atom is 0.238 e. The summed E-state index contributed by atoms with van der Waals surface area (Å²) >= 11 is 0. The minimum absolute atomic E-state index is 0.0265. The molecule has 1 aromatic rings. The van der Waals surface area contributed by atoms with Crippen LogP contribution in [0.3, 0.4) is 0 Å². The molecular weight excluding hydrogens is 300 g/mol. The predicted molar refractivity (Wildman–Crippen MR) is 89.4 cm³/mol. The first-order valence-electron chi connectivity index (χ1n) is 8.55. The molecule has 4 unspecified atom stereocenters. The fraction of sp³-hybridized carbons (Fsp3) is 0.350. The zero-order valence-electron chi connectivity index (χ0n) is 13.5. The maximum absolute atomic E-state index is 13.1. The highest BCUT2D eigenvalue weighted by molar-refractivity contribution is 6.11. The zero-order chi connectivity index (χ0) is 16.4. The van der Waals surface area contributed by atoms with Gasteiger partial charge in [-0.3, -0.25) is 19.5 Å². The van der Waals surface area contributed by atoms with Gasteiger partial charge in [0.1, 0.15) is 0 Å². The van der Waals surface area contributed by atoms with Crippen LogP contribution in [0.2, 0.25) is 0 Å². The number of likely N-dealkylation sites (tertiary alicyclic amines) is 1. The van der Waals surface area contributed by atoms with Crippen LogP contribution in [0.25, 0.3) is 11.8 Å². The predicted octanol–water partition coefficient (Wildman–Crippen LogP) is 1.05. The lowest BCUT2D eigenvalue weighted by Gasteiger charge is -2.19. The highest BCUT2D eigenvalue weighted by atomic mass is 16.2. The van der Waals surface area contributed by atoms with E-state index in [2.05, 4.69) is 17.1 Å². The highest BCUT2D eigenvalue weighted by Crippen LogP contribution is 2.53. The quantitative estimate of drug-likeness (QED) is 0.574. The van der Waals surface area contributed by atoms with E-state index in [1.54, 1.807) is 0 Å². The molecule has 2 fully saturated rings. The van der Waals surface area contributed by atoms with Gasteiger partial charge in [0.15, 0.2) is 0 Å². The molecule has 0 spiro atoms. The van der Waals surface area contributed by atoms with Gasteiger partial charge in [-0.1, -0.05) is 36.4 Å². The maximum atomic E-state index is 13.1. The second-order valence-corrected chi connectivity index (χ2v) is 7.15. The second kappa shape index (κ2) is 4.76. The lowest BCUT2D eigenvalue weighted by molar-refractivity contribution is -0.136. The van der Waals surface area contributed by atoms with Crippen molar-refractivity contribution in [2.75, 3.05) is 0 Å². The number of aromatic nitrogens is 1. The first-order valence-corrected chi connectivity index (χ1v) is 8.55. The van der Waals surface area contributed by atoms with Crippen molar-refractivity contribution in [2.24, 2.45) is 23.7 Å². The van der Waals surface area contributed by atoms with Crippen LogP contribution in [0.5, 0.6) is 0 Å². The Morgan fingerprint density at radius 2 is 1.79 bits per heavy atom. The third-order valence-electron chi connectivity index (χ3n) is 5.80. The molecule has 2 heterocycles. The first kappa shape index (κ1) is 13.9. The topological polar surface area (TPSA) is 50.3 Å². The molecule has 0 aromatic carbocycles. The standard InChI is InChI=1S/C20H18N2O2/c1-11-6-7-12-4-2-3-5-15(18(12)21-11)22-19(23)16-13-8-9-14(10-13)17(16)20(22)24/h2-4,6-9,13-14,16-17H,5,10H2,1H3. The first-order chi connectivity index (χ1) is 11.6. The summed E-state index contributed by atoms with van der Waals surface area (Å²) in [6.45, 7) is 1.93. The van der Waals surface area contributed by atoms with E-state index in [-0.39, 0.29) is 35.5 Å². The van der Waals surface area contributed by atoms with Crippen molar-refractivity contribution in [3.05, 3.63) is 52.7 Å². The van der Waals surface area contributed by atoms with Gasteiger partial charge < -0.3 is 0 Å². The van der Waals surface area contributed by atoms with Crippen LogP contribution in [-0.2, 0) is 9.59 Å². The molecule has 2 amide bonds. The van der Waals surface area contributed by atoms with Gasteiger partial charge in [-0.05, 0) is 31.2 Å². The minimum Gasteiger partial charge on any atom is -0.274 e. The number of hydrogen-bond acceptors (Lipinski definition) is 3. The number of amides is 2. The number of rotatable bonds is 1. The largest absolute Gasteiger partial charge is 0.274 e. The van der Waals surface area contributed by atoms with Crippen LogP contribution in [0.15, 0.2) is 36.4 Å². The van der Waals surface area contributed by atoms with Crippen molar-refractivity contribution in [3.63, 3.8) is 0 Å². The molecule has 24 heavy (non-hydrogen) atoms. The minimum atomic E-state index is -0.163. The van der Waals surface area contributed by atoms with E-state index in [0.717, 1.165) is 28.4 Å². The monoisotopic (exact) mass is 318 g/mol. The average Bonchev–Trinajstić information content (AvgIpc) is 3.20. The van der Waals surface area contributed by atoms with Crippen LogP contribution in [-0.4, -0.2) is 21.7 Å². The van der Waals surface area contributed by atoms with E-state index in [0.29, 0.717) is 6.42 Å². The summed E-state index contributed by atoms with van der Waals surface area (Å²) < 4.78 is 0. The van der Waals surface area contributed by atoms with Gasteiger partial charge in [0.05, 0.1) is 22.9 Å². The van der Waals surface area contributed by atoms with Crippen molar-refractivity contribution in [3.8, 4) is 0 Å². The highest BCUT2D eigenvalue weighted by Gasteiger charge is 2.59. The van der Waals surface area contributed by atoms with Gasteiger partial charge in [0, 0.05) is 17.3 Å². The smallest absolute Gasteiger partial charge is 0.238 e. The van der Waals surface area contributed by atoms with E-state index < -0.39 is 0 Å². The van der Waals surface area contributed by atoms with E-state index in [9.17, 15) is 9.59 Å². The van der Waals surface area contributed by atoms with Gasteiger partial charge in [0.25, 0.3) is 0 Å². The van der Waals surface area contributed by atoms with Crippen LogP contribution in [0.4, 0.5) is 0 Å². The molecule has 4 aliphatic rings. The van der Waals surface area contributed by atoms with Gasteiger partial charge in [-0.15, -0.1) is 0 Å². The van der Waals surface area contributed by atoms with Gasteiger partial charge >= 0.3 is 0 Å². The number of imide groups is 1. The fourth-order valence-electron chi connectivity index (χ4n) is 4.75. The molecule has 120 valence electrons. The van der Waals surface area contributed by atoms with Gasteiger partial charge in [-0.2, -0.15) is 0 Å². The zero-order valence-corrected chi connectivity index (χ0v) is 13.5. The number of carbonyl (C=O) groups excluding carboxylic acids is 2. The Morgan fingerprint density at radius 3 is 2.50 bits per heavy atom. The summed E-state index contributed by atoms with van der Waals surface area (Å²) in [5.74, 6) is 0.0940. The summed E-state index contributed by atoms with van der Waals surface area (Å²) in [6.07, 6.45) is 11.7. The molecule has 4 nitrogen and oxygen atoms in total. The molecule has 3 aliphatic carbocycles. The summed E-state index contributed by atoms with van der Waals surface area (Å²) in [7, 11) is 0. The van der Waals surface area contributed by atoms with E-state index >= 15 is 0 Å². The molecule has 1 aliphatic heterocycles. The van der Waals surface area contributed by atoms with Crippen LogP contribution >= 0.6 is 0 Å². The number of hydrogen-bond donors (Lipinski definition) is 0. The third kappa shape index (κ3) is 1.71.